The molecule has 4 fully saturated rings. The zero-order chi connectivity index (χ0) is 37.3. The number of aromatic nitrogens is 6. The maximum Gasteiger partial charge on any atom is 0.125 e. The van der Waals surface area contributed by atoms with E-state index in [0.29, 0.717) is 41.9 Å². The van der Waals surface area contributed by atoms with Gasteiger partial charge in [0.2, 0.25) is 0 Å². The smallest absolute Gasteiger partial charge is 0.125 e. The van der Waals surface area contributed by atoms with E-state index in [-0.39, 0.29) is 49.6 Å². The summed E-state index contributed by atoms with van der Waals surface area (Å²) in [6.45, 7) is 1.92. The molecule has 0 aromatic carbocycles. The predicted octanol–water partition coefficient (Wildman–Crippen LogP) is 9.05. The highest BCUT2D eigenvalue weighted by atomic mass is 35.5. The molecule has 4 heterocycles. The predicted molar refractivity (Wildman–Crippen MR) is 243 cm³/mol. The Balaban J connectivity index is 0.000000371. The minimum Gasteiger partial charge on any atom is -0.328 e. The van der Waals surface area contributed by atoms with E-state index in [0.717, 1.165) is 37.4 Å². The number of aryl methyl sites for hydroxylation is 1. The van der Waals surface area contributed by atoms with Crippen LogP contribution in [0.15, 0.2) is 80.2 Å². The first-order valence-electron chi connectivity index (χ1n) is 20.2. The molecule has 10 nitrogen and oxygen atoms in total. The van der Waals surface area contributed by atoms with Crippen LogP contribution in [0.5, 0.6) is 0 Å². The zero-order valence-electron chi connectivity index (χ0n) is 33.6. The molecule has 4 aliphatic carbocycles. The Kier molecular flexibility index (Phi) is 26.5. The van der Waals surface area contributed by atoms with Gasteiger partial charge in [-0.15, -0.1) is 49.6 Å². The number of hydrogen-bond donors (Lipinski definition) is 4. The highest BCUT2D eigenvalue weighted by Gasteiger charge is 2.22. The van der Waals surface area contributed by atoms with Crippen molar-refractivity contribution in [1.29, 1.82) is 0 Å². The molecule has 0 aliphatic heterocycles. The van der Waals surface area contributed by atoms with Crippen molar-refractivity contribution < 1.29 is 0 Å². The minimum atomic E-state index is 0. The van der Waals surface area contributed by atoms with Crippen molar-refractivity contribution in [3.8, 4) is 0 Å². The van der Waals surface area contributed by atoms with E-state index in [1.165, 1.54) is 99.3 Å². The molecule has 318 valence electrons. The van der Waals surface area contributed by atoms with Gasteiger partial charge in [-0.3, -0.25) is 9.97 Å². The van der Waals surface area contributed by atoms with E-state index >= 15 is 0 Å². The van der Waals surface area contributed by atoms with Crippen molar-refractivity contribution in [3.63, 3.8) is 0 Å². The number of rotatable bonds is 4. The number of nitrogens with zero attached hydrogens (tertiary/aromatic N) is 6. The largest absolute Gasteiger partial charge is 0.328 e. The Labute approximate surface area is 366 Å². The van der Waals surface area contributed by atoms with Crippen molar-refractivity contribution >= 4 is 49.6 Å². The van der Waals surface area contributed by atoms with E-state index in [4.69, 9.17) is 22.9 Å². The summed E-state index contributed by atoms with van der Waals surface area (Å²) in [4.78, 5) is 24.7. The molecule has 4 saturated carbocycles. The number of halogens is 4. The van der Waals surface area contributed by atoms with Gasteiger partial charge in [-0.2, -0.15) is 0 Å². The second kappa shape index (κ2) is 28.8. The minimum absolute atomic E-state index is 0. The van der Waals surface area contributed by atoms with Crippen LogP contribution in [0.3, 0.4) is 0 Å². The van der Waals surface area contributed by atoms with Crippen LogP contribution in [0, 0.1) is 6.92 Å². The van der Waals surface area contributed by atoms with Gasteiger partial charge in [-0.25, -0.2) is 19.9 Å². The highest BCUT2D eigenvalue weighted by Crippen LogP contribution is 2.34. The Hall–Kier alpha value is -2.54. The lowest BCUT2D eigenvalue weighted by molar-refractivity contribution is 0.394. The summed E-state index contributed by atoms with van der Waals surface area (Å²) in [5.41, 5.74) is 28.8. The lowest BCUT2D eigenvalue weighted by Crippen LogP contribution is -2.25. The van der Waals surface area contributed by atoms with Crippen molar-refractivity contribution in [2.45, 2.75) is 157 Å². The van der Waals surface area contributed by atoms with Gasteiger partial charge in [0.05, 0.1) is 0 Å². The molecule has 57 heavy (non-hydrogen) atoms. The molecular formula is C43H68Cl4N10. The Morgan fingerprint density at radius 3 is 1.12 bits per heavy atom. The summed E-state index contributed by atoms with van der Waals surface area (Å²) in [6, 6.07) is 10.2. The van der Waals surface area contributed by atoms with Gasteiger partial charge in [0.1, 0.15) is 12.2 Å². The SMILES string of the molecule is Cc1ncc(C2CCC(N)CC2)cn1.Cl.Cl.Cl.Cl.NC1CCC(c2cccnc2)CC1.NC1CCC(c2ccncc2)CC1.NC1CCC(c2cncnc2)CC1. The lowest BCUT2D eigenvalue weighted by atomic mass is 9.82. The molecule has 4 aromatic rings. The molecule has 0 spiro atoms. The first-order chi connectivity index (χ1) is 25.8. The van der Waals surface area contributed by atoms with E-state index in [1.807, 2.05) is 62.6 Å². The van der Waals surface area contributed by atoms with Crippen LogP contribution >= 0.6 is 49.6 Å². The van der Waals surface area contributed by atoms with Crippen LogP contribution in [0.4, 0.5) is 0 Å². The van der Waals surface area contributed by atoms with Gasteiger partial charge < -0.3 is 22.9 Å². The molecule has 8 N–H and O–H groups in total. The molecule has 0 radical (unpaired) electrons. The van der Waals surface area contributed by atoms with E-state index in [1.54, 1.807) is 6.33 Å². The second-order valence-corrected chi connectivity index (χ2v) is 15.7. The molecule has 4 aliphatic rings. The maximum atomic E-state index is 5.87. The second-order valence-electron chi connectivity index (χ2n) is 15.7. The number of hydrogen-bond acceptors (Lipinski definition) is 10. The maximum absolute atomic E-state index is 5.87. The monoisotopic (exact) mass is 864 g/mol. The molecule has 4 aromatic heterocycles. The van der Waals surface area contributed by atoms with Crippen LogP contribution in [0.25, 0.3) is 0 Å². The van der Waals surface area contributed by atoms with Gasteiger partial charge in [-0.1, -0.05) is 6.07 Å². The summed E-state index contributed by atoms with van der Waals surface area (Å²) >= 11 is 0. The quantitative estimate of drug-likeness (QED) is 0.155. The van der Waals surface area contributed by atoms with Crippen molar-refractivity contribution in [2.75, 3.05) is 0 Å². The molecular weight excluding hydrogens is 798 g/mol. The summed E-state index contributed by atoms with van der Waals surface area (Å²) in [5, 5.41) is 0. The van der Waals surface area contributed by atoms with Gasteiger partial charge in [0.15, 0.2) is 0 Å². The number of pyridine rings is 2. The Morgan fingerprint density at radius 1 is 0.386 bits per heavy atom. The van der Waals surface area contributed by atoms with Crippen LogP contribution in [0.2, 0.25) is 0 Å². The van der Waals surface area contributed by atoms with E-state index in [9.17, 15) is 0 Å². The summed E-state index contributed by atoms with van der Waals surface area (Å²) in [7, 11) is 0. The molecule has 14 heteroatoms. The third-order valence-corrected chi connectivity index (χ3v) is 11.7. The van der Waals surface area contributed by atoms with Crippen molar-refractivity contribution in [1.82, 2.24) is 29.9 Å². The topological polar surface area (TPSA) is 181 Å². The molecule has 0 unspecified atom stereocenters. The molecule has 0 amide bonds. The van der Waals surface area contributed by atoms with Crippen molar-refractivity contribution in [2.24, 2.45) is 22.9 Å². The van der Waals surface area contributed by atoms with Gasteiger partial charge in [-0.05, 0) is 174 Å². The van der Waals surface area contributed by atoms with Crippen LogP contribution < -0.4 is 22.9 Å². The first kappa shape index (κ1) is 52.5. The third-order valence-electron chi connectivity index (χ3n) is 11.7. The van der Waals surface area contributed by atoms with E-state index < -0.39 is 0 Å². The first-order valence-corrected chi connectivity index (χ1v) is 20.2. The van der Waals surface area contributed by atoms with E-state index in [2.05, 4.69) is 48.1 Å². The fourth-order valence-electron chi connectivity index (χ4n) is 8.20. The number of nitrogens with two attached hydrogens (primary N) is 4. The van der Waals surface area contributed by atoms with Gasteiger partial charge in [0, 0.05) is 73.7 Å². The fourth-order valence-corrected chi connectivity index (χ4v) is 8.20. The van der Waals surface area contributed by atoms with Crippen LogP contribution in [-0.2, 0) is 0 Å². The molecule has 0 atom stereocenters. The highest BCUT2D eigenvalue weighted by molar-refractivity contribution is 5.86. The normalized spacial score (nSPS) is 26.4. The molecule has 0 saturated heterocycles. The fraction of sp³-hybridized carbons (Fsp3) is 0.581. The molecule has 8 rings (SSSR count). The Bertz CT molecular complexity index is 1390. The summed E-state index contributed by atoms with van der Waals surface area (Å²) in [5.74, 6) is 3.55. The average molecular weight is 867 g/mol. The van der Waals surface area contributed by atoms with Crippen LogP contribution in [-0.4, -0.2) is 54.1 Å². The summed E-state index contributed by atoms with van der Waals surface area (Å²) in [6.07, 6.45) is 35.9. The third kappa shape index (κ3) is 18.5. The lowest BCUT2D eigenvalue weighted by Gasteiger charge is -2.26. The standard InChI is InChI=1S/C11H17N3.2C11H16N2.C10H15N3.4ClH/c1-8-13-6-10(7-14-8)9-2-4-11(12)5-3-9;12-11-3-1-9(2-4-11)10-5-7-13-8-6-10;12-11-5-3-9(4-6-11)10-2-1-7-13-8-10;11-10-3-1-8(2-4-10)9-5-12-7-13-6-9;;;;/h6-7,9,11H,2-5,12H2,1H3;5-9,11H,1-4,12H2;1-2,7-9,11H,3-6,12H2;5-8,10H,1-4,11H2;4*1H. The van der Waals surface area contributed by atoms with Gasteiger partial charge >= 0.3 is 0 Å². The average Bonchev–Trinajstić information content (AvgIpc) is 3.21. The summed E-state index contributed by atoms with van der Waals surface area (Å²) < 4.78 is 0. The molecule has 0 bridgehead atoms. The zero-order valence-corrected chi connectivity index (χ0v) is 36.8. The van der Waals surface area contributed by atoms with Gasteiger partial charge in [0.25, 0.3) is 0 Å². The van der Waals surface area contributed by atoms with Crippen molar-refractivity contribution in [3.05, 3.63) is 108 Å². The van der Waals surface area contributed by atoms with Crippen LogP contribution in [0.1, 0.15) is 154 Å². The Morgan fingerprint density at radius 2 is 0.737 bits per heavy atom.